The Morgan fingerprint density at radius 1 is 1.29 bits per heavy atom. The van der Waals surface area contributed by atoms with Gasteiger partial charge in [-0.2, -0.15) is 5.10 Å². The van der Waals surface area contributed by atoms with Gasteiger partial charge in [-0.1, -0.05) is 31.4 Å². The molecule has 2 heterocycles. The first-order valence-corrected chi connectivity index (χ1v) is 11.1. The number of nitrogens with one attached hydrogen (secondary N) is 1. The molecule has 2 aliphatic rings. The van der Waals surface area contributed by atoms with Crippen LogP contribution in [0.15, 0.2) is 0 Å². The zero-order valence-electron chi connectivity index (χ0n) is 17.4. The highest BCUT2D eigenvalue weighted by molar-refractivity contribution is 6.36. The molecule has 152 valence electrons. The summed E-state index contributed by atoms with van der Waals surface area (Å²) < 4.78 is 1.92. The van der Waals surface area contributed by atoms with Gasteiger partial charge in [-0.15, -0.1) is 0 Å². The second-order valence-corrected chi connectivity index (χ2v) is 9.23. The second kappa shape index (κ2) is 7.66. The molecule has 2 aromatic rings. The average molecular weight is 403 g/mol. The number of fused-ring (bicyclic) bond motifs is 3. The van der Waals surface area contributed by atoms with Crippen LogP contribution in [-0.4, -0.2) is 26.7 Å². The van der Waals surface area contributed by atoms with Gasteiger partial charge in [0.15, 0.2) is 5.65 Å². The summed E-state index contributed by atoms with van der Waals surface area (Å²) in [5.74, 6) is 2.14. The molecule has 2 aliphatic carbocycles. The van der Waals surface area contributed by atoms with Gasteiger partial charge in [-0.25, -0.2) is 9.67 Å². The third kappa shape index (κ3) is 3.32. The summed E-state index contributed by atoms with van der Waals surface area (Å²) in [5, 5.41) is 9.17. The van der Waals surface area contributed by atoms with Crippen molar-refractivity contribution < 1.29 is 4.79 Å². The number of aromatic nitrogens is 3. The summed E-state index contributed by atoms with van der Waals surface area (Å²) in [6.07, 6.45) is 7.39. The lowest BCUT2D eigenvalue weighted by Gasteiger charge is -2.28. The molecule has 6 heteroatoms. The first-order valence-electron chi connectivity index (χ1n) is 10.7. The number of nitrogens with zero attached hydrogens (tertiary/aromatic N) is 3. The molecule has 5 nitrogen and oxygen atoms in total. The van der Waals surface area contributed by atoms with E-state index < -0.39 is 0 Å². The number of carbonyl (C=O) groups excluding carboxylic acids is 1. The van der Waals surface area contributed by atoms with Crippen molar-refractivity contribution in [3.05, 3.63) is 22.0 Å². The molecule has 28 heavy (non-hydrogen) atoms. The van der Waals surface area contributed by atoms with Crippen molar-refractivity contribution in [1.82, 2.24) is 20.1 Å². The van der Waals surface area contributed by atoms with Gasteiger partial charge in [0.2, 0.25) is 0 Å². The van der Waals surface area contributed by atoms with Gasteiger partial charge in [0, 0.05) is 12.6 Å². The Labute approximate surface area is 172 Å². The van der Waals surface area contributed by atoms with Crippen LogP contribution in [0.25, 0.3) is 11.0 Å². The molecule has 0 saturated heterocycles. The average Bonchev–Trinajstić information content (AvgIpc) is 3.36. The van der Waals surface area contributed by atoms with E-state index in [-0.39, 0.29) is 11.9 Å². The van der Waals surface area contributed by atoms with E-state index in [1.54, 1.807) is 0 Å². The number of pyridine rings is 1. The lowest BCUT2D eigenvalue weighted by atomic mass is 9.84. The van der Waals surface area contributed by atoms with Crippen molar-refractivity contribution in [2.75, 3.05) is 0 Å². The molecular formula is C22H31ClN4O. The van der Waals surface area contributed by atoms with Crippen molar-refractivity contribution in [2.45, 2.75) is 78.8 Å². The summed E-state index contributed by atoms with van der Waals surface area (Å²) in [4.78, 5) is 18.0. The molecule has 1 N–H and O–H groups in total. The molecule has 4 rings (SSSR count). The molecule has 0 aromatic carbocycles. The van der Waals surface area contributed by atoms with Gasteiger partial charge in [0.05, 0.1) is 27.4 Å². The molecule has 2 fully saturated rings. The molecular weight excluding hydrogens is 372 g/mol. The predicted molar refractivity (Wildman–Crippen MR) is 113 cm³/mol. The fourth-order valence-electron chi connectivity index (χ4n) is 5.44. The van der Waals surface area contributed by atoms with E-state index in [9.17, 15) is 4.79 Å². The highest BCUT2D eigenvalue weighted by atomic mass is 35.5. The van der Waals surface area contributed by atoms with Gasteiger partial charge in [0.1, 0.15) is 0 Å². The van der Waals surface area contributed by atoms with E-state index in [1.807, 2.05) is 18.5 Å². The number of hydrogen-bond acceptors (Lipinski definition) is 3. The largest absolute Gasteiger partial charge is 0.349 e. The lowest BCUT2D eigenvalue weighted by molar-refractivity contribution is 0.0917. The van der Waals surface area contributed by atoms with Crippen LogP contribution in [0, 0.1) is 31.6 Å². The SMILES string of the molecule is CCCCn1nc(C)c2c(C(=O)N[C@@H](C)[C@H]3C[C@@H]4CC[C@@H]3C4)c(Cl)c(C)nc21. The Kier molecular flexibility index (Phi) is 5.38. The van der Waals surface area contributed by atoms with Crippen LogP contribution in [0.2, 0.25) is 5.02 Å². The second-order valence-electron chi connectivity index (χ2n) is 8.85. The molecule has 0 aliphatic heterocycles. The Bertz CT molecular complexity index is 906. The van der Waals surface area contributed by atoms with Crippen molar-refractivity contribution in [3.8, 4) is 0 Å². The standard InChI is InChI=1S/C22H31ClN4O/c1-5-6-9-27-21-18(13(3)26-27)19(20(23)14(4)24-21)22(28)25-12(2)17-11-15-7-8-16(17)10-15/h12,15-17H,5-11H2,1-4H3,(H,25,28)/t12-,15+,16+,17+/m0/s1. The first-order chi connectivity index (χ1) is 13.4. The zero-order chi connectivity index (χ0) is 20.0. The number of rotatable bonds is 6. The van der Waals surface area contributed by atoms with E-state index in [0.29, 0.717) is 22.2 Å². The smallest absolute Gasteiger partial charge is 0.253 e. The maximum absolute atomic E-state index is 13.3. The minimum absolute atomic E-state index is 0.0890. The zero-order valence-corrected chi connectivity index (χ0v) is 18.1. The van der Waals surface area contributed by atoms with E-state index >= 15 is 0 Å². The quantitative estimate of drug-likeness (QED) is 0.734. The minimum Gasteiger partial charge on any atom is -0.349 e. The Hall–Kier alpha value is -1.62. The van der Waals surface area contributed by atoms with E-state index in [1.165, 1.54) is 25.7 Å². The van der Waals surface area contributed by atoms with Crippen LogP contribution in [-0.2, 0) is 6.54 Å². The monoisotopic (exact) mass is 402 g/mol. The molecule has 4 atom stereocenters. The summed E-state index contributed by atoms with van der Waals surface area (Å²) in [6, 6.07) is 0.165. The third-order valence-electron chi connectivity index (χ3n) is 6.91. The molecule has 1 amide bonds. The van der Waals surface area contributed by atoms with Crippen LogP contribution < -0.4 is 5.32 Å². The first kappa shape index (κ1) is 19.7. The number of amides is 1. The number of halogens is 1. The van der Waals surface area contributed by atoms with Gasteiger partial charge in [-0.3, -0.25) is 4.79 Å². The van der Waals surface area contributed by atoms with E-state index in [4.69, 9.17) is 11.6 Å². The number of carbonyl (C=O) groups is 1. The molecule has 0 unspecified atom stereocenters. The number of unbranched alkanes of at least 4 members (excludes halogenated alkanes) is 1. The van der Waals surface area contributed by atoms with Crippen LogP contribution in [0.5, 0.6) is 0 Å². The third-order valence-corrected chi connectivity index (χ3v) is 7.37. The normalized spacial score (nSPS) is 24.8. The van der Waals surface area contributed by atoms with Crippen LogP contribution >= 0.6 is 11.6 Å². The van der Waals surface area contributed by atoms with E-state index in [2.05, 4.69) is 29.2 Å². The maximum Gasteiger partial charge on any atom is 0.253 e. The van der Waals surface area contributed by atoms with Crippen LogP contribution in [0.4, 0.5) is 0 Å². The lowest BCUT2D eigenvalue weighted by Crippen LogP contribution is -2.40. The summed E-state index contributed by atoms with van der Waals surface area (Å²) in [7, 11) is 0. The topological polar surface area (TPSA) is 59.8 Å². The predicted octanol–water partition coefficient (Wildman–Crippen LogP) is 5.06. The number of hydrogen-bond donors (Lipinski definition) is 1. The van der Waals surface area contributed by atoms with Crippen molar-refractivity contribution in [2.24, 2.45) is 17.8 Å². The summed E-state index contributed by atoms with van der Waals surface area (Å²) in [6.45, 7) is 8.92. The molecule has 2 saturated carbocycles. The van der Waals surface area contributed by atoms with Gasteiger partial charge in [-0.05, 0) is 64.2 Å². The highest BCUT2D eigenvalue weighted by Gasteiger charge is 2.42. The van der Waals surface area contributed by atoms with Crippen LogP contribution in [0.1, 0.15) is 74.1 Å². The van der Waals surface area contributed by atoms with Crippen molar-refractivity contribution in [3.63, 3.8) is 0 Å². The number of aryl methyl sites for hydroxylation is 3. The van der Waals surface area contributed by atoms with Crippen LogP contribution in [0.3, 0.4) is 0 Å². The van der Waals surface area contributed by atoms with Crippen molar-refractivity contribution >= 4 is 28.5 Å². The summed E-state index contributed by atoms with van der Waals surface area (Å²) >= 11 is 6.60. The van der Waals surface area contributed by atoms with Gasteiger partial charge in [0.25, 0.3) is 5.91 Å². The van der Waals surface area contributed by atoms with E-state index in [0.717, 1.165) is 47.9 Å². The van der Waals surface area contributed by atoms with Gasteiger partial charge >= 0.3 is 0 Å². The van der Waals surface area contributed by atoms with Gasteiger partial charge < -0.3 is 5.32 Å². The maximum atomic E-state index is 13.3. The van der Waals surface area contributed by atoms with Crippen molar-refractivity contribution in [1.29, 1.82) is 0 Å². The molecule has 2 aromatic heterocycles. The highest BCUT2D eigenvalue weighted by Crippen LogP contribution is 2.49. The molecule has 0 spiro atoms. The fraction of sp³-hybridized carbons (Fsp3) is 0.682. The fourth-order valence-corrected chi connectivity index (χ4v) is 5.67. The Morgan fingerprint density at radius 3 is 2.71 bits per heavy atom. The Balaban J connectivity index is 1.66. The minimum atomic E-state index is -0.0890. The summed E-state index contributed by atoms with van der Waals surface area (Å²) in [5.41, 5.74) is 2.81. The Morgan fingerprint density at radius 2 is 2.07 bits per heavy atom. The molecule has 0 radical (unpaired) electrons. The molecule has 2 bridgehead atoms.